The van der Waals surface area contributed by atoms with Crippen molar-refractivity contribution in [2.75, 3.05) is 0 Å². The van der Waals surface area contributed by atoms with E-state index in [-0.39, 0.29) is 5.56 Å². The second-order valence-electron chi connectivity index (χ2n) is 3.25. The van der Waals surface area contributed by atoms with Gasteiger partial charge in [0.05, 0.1) is 5.02 Å². The van der Waals surface area contributed by atoms with Crippen molar-refractivity contribution in [1.29, 1.82) is 0 Å². The second kappa shape index (κ2) is 6.62. The van der Waals surface area contributed by atoms with Crippen LogP contribution in [0.5, 0.6) is 5.75 Å². The fraction of sp³-hybridized carbons (Fsp3) is 0.455. The average Bonchev–Trinajstić information content (AvgIpc) is 2.20. The van der Waals surface area contributed by atoms with Crippen LogP contribution in [0.15, 0.2) is 22.7 Å². The smallest absolute Gasteiger partial charge is 0.172 e. The molecule has 0 fully saturated rings. The van der Waals surface area contributed by atoms with Crippen LogP contribution in [0.1, 0.15) is 26.2 Å². The van der Waals surface area contributed by atoms with E-state index in [1.165, 1.54) is 0 Å². The average molecular weight is 312 g/mol. The summed E-state index contributed by atoms with van der Waals surface area (Å²) in [5.74, 6) is 0.708. The van der Waals surface area contributed by atoms with Crippen molar-refractivity contribution in [2.45, 2.75) is 31.7 Å². The molecule has 1 nitrogen and oxygen atoms in total. The van der Waals surface area contributed by atoms with E-state index in [1.54, 1.807) is 6.07 Å². The molecule has 15 heavy (non-hydrogen) atoms. The first-order valence-corrected chi connectivity index (χ1v) is 6.50. The van der Waals surface area contributed by atoms with Gasteiger partial charge >= 0.3 is 0 Å². The number of hydrogen-bond acceptors (Lipinski definition) is 1. The Balaban J connectivity index is 2.53. The number of rotatable bonds is 5. The lowest BCUT2D eigenvalue weighted by molar-refractivity contribution is 0.266. The zero-order valence-electron chi connectivity index (χ0n) is 8.47. The van der Waals surface area contributed by atoms with Crippen LogP contribution >= 0.6 is 39.1 Å². The van der Waals surface area contributed by atoms with Crippen LogP contribution in [0, 0.1) is 0 Å². The predicted molar refractivity (Wildman–Crippen MR) is 68.9 cm³/mol. The highest BCUT2D eigenvalue weighted by molar-refractivity contribution is 9.10. The maximum Gasteiger partial charge on any atom is 0.172 e. The lowest BCUT2D eigenvalue weighted by atomic mass is 10.2. The van der Waals surface area contributed by atoms with Crippen molar-refractivity contribution in [2.24, 2.45) is 0 Å². The first-order chi connectivity index (χ1) is 7.13. The van der Waals surface area contributed by atoms with Gasteiger partial charge in [0.2, 0.25) is 0 Å². The Bertz CT molecular complexity index is 317. The lowest BCUT2D eigenvalue weighted by Crippen LogP contribution is -2.08. The van der Waals surface area contributed by atoms with Crippen LogP contribution in [0.3, 0.4) is 0 Å². The summed E-state index contributed by atoms with van der Waals surface area (Å²) in [6.45, 7) is 2.13. The van der Waals surface area contributed by atoms with Crippen LogP contribution in [-0.2, 0) is 0 Å². The van der Waals surface area contributed by atoms with Crippen LogP contribution in [0.2, 0.25) is 5.02 Å². The summed E-state index contributed by atoms with van der Waals surface area (Å²) in [6.07, 6.45) is 3.04. The molecular formula is C11H13BrCl2O. The fourth-order valence-electron chi connectivity index (χ4n) is 1.12. The van der Waals surface area contributed by atoms with Gasteiger partial charge in [-0.1, -0.05) is 36.5 Å². The van der Waals surface area contributed by atoms with Crippen LogP contribution in [-0.4, -0.2) is 5.56 Å². The Hall–Kier alpha value is 0.0800. The summed E-state index contributed by atoms with van der Waals surface area (Å²) in [4.78, 5) is 0. The third-order valence-electron chi connectivity index (χ3n) is 1.94. The topological polar surface area (TPSA) is 9.23 Å². The molecule has 1 aromatic rings. The van der Waals surface area contributed by atoms with Crippen molar-refractivity contribution < 1.29 is 4.74 Å². The highest BCUT2D eigenvalue weighted by Gasteiger charge is 2.06. The van der Waals surface area contributed by atoms with Crippen LogP contribution in [0.25, 0.3) is 0 Å². The zero-order valence-corrected chi connectivity index (χ0v) is 11.6. The zero-order chi connectivity index (χ0) is 11.3. The third kappa shape index (κ3) is 4.62. The highest BCUT2D eigenvalue weighted by atomic mass is 79.9. The van der Waals surface area contributed by atoms with Crippen molar-refractivity contribution in [3.8, 4) is 5.75 Å². The van der Waals surface area contributed by atoms with Gasteiger partial charge in [0, 0.05) is 4.47 Å². The largest absolute Gasteiger partial charge is 0.475 e. The van der Waals surface area contributed by atoms with Gasteiger partial charge in [-0.2, -0.15) is 0 Å². The van der Waals surface area contributed by atoms with Gasteiger partial charge in [0.15, 0.2) is 5.56 Å². The molecule has 0 saturated carbocycles. The molecule has 0 saturated heterocycles. The fourth-order valence-corrected chi connectivity index (χ4v) is 1.80. The van der Waals surface area contributed by atoms with Crippen molar-refractivity contribution in [3.05, 3.63) is 27.7 Å². The number of benzene rings is 1. The summed E-state index contributed by atoms with van der Waals surface area (Å²) in [5, 5.41) is 0.631. The summed E-state index contributed by atoms with van der Waals surface area (Å²) in [6, 6.07) is 5.45. The van der Waals surface area contributed by atoms with Gasteiger partial charge in [-0.05, 0) is 47.0 Å². The Labute approximate surface area is 109 Å². The quantitative estimate of drug-likeness (QED) is 0.676. The third-order valence-corrected chi connectivity index (χ3v) is 3.48. The molecule has 1 aromatic carbocycles. The van der Waals surface area contributed by atoms with E-state index in [4.69, 9.17) is 27.9 Å². The maximum absolute atomic E-state index is 6.01. The van der Waals surface area contributed by atoms with E-state index < -0.39 is 0 Å². The summed E-state index contributed by atoms with van der Waals surface area (Å²) in [5.41, 5.74) is -0.276. The van der Waals surface area contributed by atoms with Crippen LogP contribution < -0.4 is 4.74 Å². The first kappa shape index (κ1) is 13.1. The van der Waals surface area contributed by atoms with E-state index in [1.807, 2.05) is 12.1 Å². The first-order valence-electron chi connectivity index (χ1n) is 4.89. The highest BCUT2D eigenvalue weighted by Crippen LogP contribution is 2.28. The van der Waals surface area contributed by atoms with Gasteiger partial charge in [-0.3, -0.25) is 0 Å². The monoisotopic (exact) mass is 310 g/mol. The SMILES string of the molecule is CCCCC(Cl)Oc1ccc(Br)c(Cl)c1. The molecule has 0 N–H and O–H groups in total. The lowest BCUT2D eigenvalue weighted by Gasteiger charge is -2.12. The number of ether oxygens (including phenoxy) is 1. The standard InChI is InChI=1S/C11H13BrCl2O/c1-2-3-4-11(14)15-8-5-6-9(12)10(13)7-8/h5-7,11H,2-4H2,1H3. The maximum atomic E-state index is 6.01. The minimum atomic E-state index is -0.276. The van der Waals surface area contributed by atoms with Crippen molar-refractivity contribution >= 4 is 39.1 Å². The Morgan fingerprint density at radius 1 is 1.47 bits per heavy atom. The molecule has 0 aliphatic heterocycles. The molecule has 4 heteroatoms. The Kier molecular flexibility index (Phi) is 5.80. The molecule has 0 radical (unpaired) electrons. The van der Waals surface area contributed by atoms with Crippen LogP contribution in [0.4, 0.5) is 0 Å². The van der Waals surface area contributed by atoms with E-state index in [9.17, 15) is 0 Å². The van der Waals surface area contributed by atoms with E-state index in [0.717, 1.165) is 23.7 Å². The summed E-state index contributed by atoms with van der Waals surface area (Å²) < 4.78 is 6.37. The number of halogens is 3. The van der Waals surface area contributed by atoms with Gasteiger partial charge in [-0.25, -0.2) is 0 Å². The molecule has 0 aromatic heterocycles. The predicted octanol–water partition coefficient (Wildman–Crippen LogP) is 5.24. The normalized spacial score (nSPS) is 12.5. The minimum Gasteiger partial charge on any atom is -0.475 e. The van der Waals surface area contributed by atoms with Crippen molar-refractivity contribution in [1.82, 2.24) is 0 Å². The molecule has 0 heterocycles. The van der Waals surface area contributed by atoms with Gasteiger partial charge < -0.3 is 4.74 Å². The van der Waals surface area contributed by atoms with Gasteiger partial charge in [-0.15, -0.1) is 0 Å². The molecular weight excluding hydrogens is 299 g/mol. The summed E-state index contributed by atoms with van der Waals surface area (Å²) in [7, 11) is 0. The molecule has 0 amide bonds. The van der Waals surface area contributed by atoms with Gasteiger partial charge in [0.1, 0.15) is 5.75 Å². The molecule has 0 spiro atoms. The number of alkyl halides is 1. The Morgan fingerprint density at radius 2 is 2.20 bits per heavy atom. The van der Waals surface area contributed by atoms with E-state index in [0.29, 0.717) is 10.8 Å². The second-order valence-corrected chi connectivity index (χ2v) is 4.99. The van der Waals surface area contributed by atoms with E-state index in [2.05, 4.69) is 22.9 Å². The molecule has 84 valence electrons. The number of unbranched alkanes of at least 4 members (excludes halogenated alkanes) is 1. The van der Waals surface area contributed by atoms with Gasteiger partial charge in [0.25, 0.3) is 0 Å². The number of hydrogen-bond donors (Lipinski definition) is 0. The molecule has 0 aliphatic carbocycles. The molecule has 1 unspecified atom stereocenters. The Morgan fingerprint density at radius 3 is 2.80 bits per heavy atom. The molecule has 0 aliphatic rings. The molecule has 1 atom stereocenters. The molecule has 1 rings (SSSR count). The van der Waals surface area contributed by atoms with E-state index >= 15 is 0 Å². The summed E-state index contributed by atoms with van der Waals surface area (Å²) >= 11 is 15.3. The van der Waals surface area contributed by atoms with Crippen molar-refractivity contribution in [3.63, 3.8) is 0 Å². The minimum absolute atomic E-state index is 0.276. The molecule has 0 bridgehead atoms.